The molecule has 4 nitrogen and oxygen atoms in total. The van der Waals surface area contributed by atoms with Gasteiger partial charge in [0.2, 0.25) is 0 Å². The van der Waals surface area contributed by atoms with Gasteiger partial charge >= 0.3 is 0 Å². The SMILES string of the molecule is CCCNC(C)c1cnc(N(C)CC2CCOCC2)s1. The van der Waals surface area contributed by atoms with Gasteiger partial charge in [0.1, 0.15) is 0 Å². The zero-order chi connectivity index (χ0) is 14.4. The van der Waals surface area contributed by atoms with E-state index < -0.39 is 0 Å². The minimum Gasteiger partial charge on any atom is -0.381 e. The lowest BCUT2D eigenvalue weighted by Crippen LogP contribution is -2.29. The van der Waals surface area contributed by atoms with Crippen LogP contribution in [0, 0.1) is 5.92 Å². The zero-order valence-corrected chi connectivity index (χ0v) is 13.7. The van der Waals surface area contributed by atoms with Crippen LogP contribution in [0.4, 0.5) is 5.13 Å². The van der Waals surface area contributed by atoms with Crippen LogP contribution >= 0.6 is 11.3 Å². The molecule has 1 fully saturated rings. The molecule has 1 aromatic heterocycles. The van der Waals surface area contributed by atoms with E-state index in [1.165, 1.54) is 24.1 Å². The summed E-state index contributed by atoms with van der Waals surface area (Å²) in [6, 6.07) is 0.401. The first kappa shape index (κ1) is 15.7. The molecule has 1 saturated heterocycles. The highest BCUT2D eigenvalue weighted by molar-refractivity contribution is 7.15. The molecule has 20 heavy (non-hydrogen) atoms. The van der Waals surface area contributed by atoms with Gasteiger partial charge in [0.15, 0.2) is 5.13 Å². The third kappa shape index (κ3) is 4.43. The Balaban J connectivity index is 1.86. The van der Waals surface area contributed by atoms with Crippen LogP contribution in [0.1, 0.15) is 44.0 Å². The maximum Gasteiger partial charge on any atom is 0.185 e. The molecule has 0 saturated carbocycles. The second-order valence-corrected chi connectivity index (χ2v) is 6.70. The van der Waals surface area contributed by atoms with Crippen molar-refractivity contribution in [1.29, 1.82) is 0 Å². The molecule has 1 atom stereocenters. The molecule has 0 radical (unpaired) electrons. The maximum atomic E-state index is 5.42. The quantitative estimate of drug-likeness (QED) is 0.839. The first-order chi connectivity index (χ1) is 9.70. The highest BCUT2D eigenvalue weighted by Gasteiger charge is 2.18. The topological polar surface area (TPSA) is 37.4 Å². The average molecular weight is 297 g/mol. The summed E-state index contributed by atoms with van der Waals surface area (Å²) >= 11 is 1.81. The zero-order valence-electron chi connectivity index (χ0n) is 12.9. The number of aromatic nitrogens is 1. The van der Waals surface area contributed by atoms with Crippen molar-refractivity contribution in [3.63, 3.8) is 0 Å². The van der Waals surface area contributed by atoms with Gasteiger partial charge in [0, 0.05) is 43.9 Å². The van der Waals surface area contributed by atoms with Crippen molar-refractivity contribution in [3.05, 3.63) is 11.1 Å². The molecular formula is C15H27N3OS. The van der Waals surface area contributed by atoms with Crippen LogP contribution in [0.3, 0.4) is 0 Å². The van der Waals surface area contributed by atoms with Crippen LogP contribution in [0.25, 0.3) is 0 Å². The minimum absolute atomic E-state index is 0.401. The van der Waals surface area contributed by atoms with Gasteiger partial charge in [-0.1, -0.05) is 6.92 Å². The number of anilines is 1. The van der Waals surface area contributed by atoms with Crippen molar-refractivity contribution in [3.8, 4) is 0 Å². The van der Waals surface area contributed by atoms with Crippen molar-refractivity contribution in [2.75, 3.05) is 38.3 Å². The lowest BCUT2D eigenvalue weighted by Gasteiger charge is -2.26. The Morgan fingerprint density at radius 3 is 2.95 bits per heavy atom. The Bertz CT molecular complexity index is 390. The monoisotopic (exact) mass is 297 g/mol. The van der Waals surface area contributed by atoms with E-state index in [1.807, 2.05) is 17.5 Å². The van der Waals surface area contributed by atoms with Gasteiger partial charge in [-0.25, -0.2) is 4.98 Å². The summed E-state index contributed by atoms with van der Waals surface area (Å²) in [6.07, 6.45) is 5.54. The Morgan fingerprint density at radius 1 is 1.50 bits per heavy atom. The third-order valence-corrected chi connectivity index (χ3v) is 5.13. The summed E-state index contributed by atoms with van der Waals surface area (Å²) in [6.45, 7) is 8.39. The lowest BCUT2D eigenvalue weighted by atomic mass is 10.0. The summed E-state index contributed by atoms with van der Waals surface area (Å²) in [5, 5.41) is 4.65. The molecule has 1 aliphatic rings. The summed E-state index contributed by atoms with van der Waals surface area (Å²) in [7, 11) is 2.15. The van der Waals surface area contributed by atoms with Gasteiger partial charge in [-0.3, -0.25) is 0 Å². The first-order valence-electron chi connectivity index (χ1n) is 7.68. The van der Waals surface area contributed by atoms with E-state index in [0.29, 0.717) is 6.04 Å². The van der Waals surface area contributed by atoms with Crippen molar-refractivity contribution in [2.24, 2.45) is 5.92 Å². The molecule has 114 valence electrons. The minimum atomic E-state index is 0.401. The Morgan fingerprint density at radius 2 is 2.25 bits per heavy atom. The summed E-state index contributed by atoms with van der Waals surface area (Å²) in [5.74, 6) is 0.747. The molecule has 1 unspecified atom stereocenters. The molecule has 1 N–H and O–H groups in total. The van der Waals surface area contributed by atoms with Crippen LogP contribution in [0.15, 0.2) is 6.20 Å². The van der Waals surface area contributed by atoms with Crippen LogP contribution in [-0.2, 0) is 4.74 Å². The largest absolute Gasteiger partial charge is 0.381 e. The molecule has 0 aliphatic carbocycles. The molecule has 1 aliphatic heterocycles. The fourth-order valence-electron chi connectivity index (χ4n) is 2.51. The van der Waals surface area contributed by atoms with E-state index in [2.05, 4.69) is 36.1 Å². The number of hydrogen-bond acceptors (Lipinski definition) is 5. The molecule has 0 amide bonds. The number of thiazole rings is 1. The molecule has 1 aromatic rings. The van der Waals surface area contributed by atoms with E-state index in [9.17, 15) is 0 Å². The van der Waals surface area contributed by atoms with E-state index in [4.69, 9.17) is 4.74 Å². The molecule has 0 spiro atoms. The predicted molar refractivity (Wildman–Crippen MR) is 85.6 cm³/mol. The van der Waals surface area contributed by atoms with Crippen molar-refractivity contribution in [1.82, 2.24) is 10.3 Å². The molecule has 0 bridgehead atoms. The van der Waals surface area contributed by atoms with Gasteiger partial charge in [-0.15, -0.1) is 11.3 Å². The van der Waals surface area contributed by atoms with Crippen LogP contribution in [0.5, 0.6) is 0 Å². The molecule has 5 heteroatoms. The van der Waals surface area contributed by atoms with Gasteiger partial charge in [-0.05, 0) is 38.6 Å². The van der Waals surface area contributed by atoms with Gasteiger partial charge in [-0.2, -0.15) is 0 Å². The number of rotatable bonds is 7. The summed E-state index contributed by atoms with van der Waals surface area (Å²) in [4.78, 5) is 8.21. The highest BCUT2D eigenvalue weighted by atomic mass is 32.1. The summed E-state index contributed by atoms with van der Waals surface area (Å²) in [5.41, 5.74) is 0. The maximum absolute atomic E-state index is 5.42. The van der Waals surface area contributed by atoms with E-state index in [1.54, 1.807) is 0 Å². The van der Waals surface area contributed by atoms with Gasteiger partial charge in [0.25, 0.3) is 0 Å². The van der Waals surface area contributed by atoms with Crippen LogP contribution in [-0.4, -0.2) is 38.3 Å². The third-order valence-electron chi connectivity index (χ3n) is 3.84. The average Bonchev–Trinajstić information content (AvgIpc) is 2.96. The van der Waals surface area contributed by atoms with Gasteiger partial charge in [0.05, 0.1) is 0 Å². The first-order valence-corrected chi connectivity index (χ1v) is 8.50. The Kier molecular flexibility index (Phi) is 6.26. The molecular weight excluding hydrogens is 270 g/mol. The second kappa shape index (κ2) is 7.96. The van der Waals surface area contributed by atoms with Crippen molar-refractivity contribution < 1.29 is 4.74 Å². The van der Waals surface area contributed by atoms with Crippen molar-refractivity contribution in [2.45, 2.75) is 39.2 Å². The van der Waals surface area contributed by atoms with E-state index in [-0.39, 0.29) is 0 Å². The van der Waals surface area contributed by atoms with Crippen LogP contribution in [0.2, 0.25) is 0 Å². The fraction of sp³-hybridized carbons (Fsp3) is 0.800. The summed E-state index contributed by atoms with van der Waals surface area (Å²) < 4.78 is 5.42. The highest BCUT2D eigenvalue weighted by Crippen LogP contribution is 2.28. The Hall–Kier alpha value is -0.650. The van der Waals surface area contributed by atoms with E-state index in [0.717, 1.165) is 37.4 Å². The normalized spacial score (nSPS) is 18.1. The number of nitrogens with one attached hydrogen (secondary N) is 1. The number of hydrogen-bond donors (Lipinski definition) is 1. The smallest absolute Gasteiger partial charge is 0.185 e. The molecule has 2 heterocycles. The standard InChI is InChI=1S/C15H27N3OS/c1-4-7-16-12(2)14-10-17-15(20-14)18(3)11-13-5-8-19-9-6-13/h10,12-13,16H,4-9,11H2,1-3H3. The van der Waals surface area contributed by atoms with Crippen molar-refractivity contribution >= 4 is 16.5 Å². The van der Waals surface area contributed by atoms with Gasteiger partial charge < -0.3 is 15.0 Å². The van der Waals surface area contributed by atoms with Crippen LogP contribution < -0.4 is 10.2 Å². The molecule has 2 rings (SSSR count). The Labute approximate surface area is 126 Å². The van der Waals surface area contributed by atoms with E-state index >= 15 is 0 Å². The number of ether oxygens (including phenoxy) is 1. The predicted octanol–water partition coefficient (Wildman–Crippen LogP) is 3.07. The fourth-order valence-corrected chi connectivity index (χ4v) is 3.42. The molecule has 0 aromatic carbocycles. The lowest BCUT2D eigenvalue weighted by molar-refractivity contribution is 0.0685. The second-order valence-electron chi connectivity index (χ2n) is 5.66. The number of nitrogens with zero attached hydrogens (tertiary/aromatic N) is 2.